The number of amides is 1. The van der Waals surface area contributed by atoms with Crippen molar-refractivity contribution in [3.8, 4) is 0 Å². The van der Waals surface area contributed by atoms with Gasteiger partial charge in [0.1, 0.15) is 6.10 Å². The Balaban J connectivity index is 1.57. The minimum atomic E-state index is -0.509. The van der Waals surface area contributed by atoms with Gasteiger partial charge >= 0.3 is 0 Å². The van der Waals surface area contributed by atoms with Crippen LogP contribution in [0.25, 0.3) is 0 Å². The summed E-state index contributed by atoms with van der Waals surface area (Å²) in [6.07, 6.45) is 4.00. The Morgan fingerprint density at radius 2 is 2.11 bits per heavy atom. The summed E-state index contributed by atoms with van der Waals surface area (Å²) in [6, 6.07) is 0. The number of hydrogen-bond donors (Lipinski definition) is 2. The topological polar surface area (TPSA) is 59.6 Å². The van der Waals surface area contributed by atoms with Gasteiger partial charge in [-0.3, -0.25) is 4.79 Å². The van der Waals surface area contributed by atoms with Gasteiger partial charge in [0.05, 0.1) is 6.61 Å². The number of ether oxygens (including phenoxy) is 2. The Morgan fingerprint density at radius 1 is 1.37 bits per heavy atom. The molecule has 1 amide bonds. The van der Waals surface area contributed by atoms with Crippen LogP contribution in [-0.4, -0.2) is 44.0 Å². The van der Waals surface area contributed by atoms with Crippen LogP contribution in [0.2, 0.25) is 0 Å². The summed E-state index contributed by atoms with van der Waals surface area (Å²) in [4.78, 5) is 11.8. The van der Waals surface area contributed by atoms with Gasteiger partial charge in [-0.1, -0.05) is 0 Å². The number of piperidine rings is 1. The van der Waals surface area contributed by atoms with Crippen molar-refractivity contribution in [3.05, 3.63) is 0 Å². The molecule has 2 saturated heterocycles. The molecule has 2 fully saturated rings. The van der Waals surface area contributed by atoms with E-state index in [0.717, 1.165) is 19.5 Å². The molecule has 5 heteroatoms. The molecule has 0 bridgehead atoms. The van der Waals surface area contributed by atoms with Crippen LogP contribution in [0.4, 0.5) is 0 Å². The van der Waals surface area contributed by atoms with Crippen molar-refractivity contribution >= 4 is 5.91 Å². The fourth-order valence-corrected chi connectivity index (χ4v) is 2.69. The molecule has 2 rings (SSSR count). The summed E-state index contributed by atoms with van der Waals surface area (Å²) in [5.74, 6) is 0.327. The lowest BCUT2D eigenvalue weighted by molar-refractivity contribution is -0.139. The molecule has 110 valence electrons. The zero-order valence-corrected chi connectivity index (χ0v) is 12.0. The number of hydrogen-bond acceptors (Lipinski definition) is 4. The third-order valence-electron chi connectivity index (χ3n) is 3.83. The van der Waals surface area contributed by atoms with E-state index in [-0.39, 0.29) is 12.0 Å². The van der Waals surface area contributed by atoms with Gasteiger partial charge in [0.15, 0.2) is 5.79 Å². The Bertz CT molecular complexity index is 301. The Labute approximate surface area is 115 Å². The summed E-state index contributed by atoms with van der Waals surface area (Å²) in [5, 5.41) is 6.28. The molecule has 0 radical (unpaired) electrons. The lowest BCUT2D eigenvalue weighted by Crippen LogP contribution is -2.35. The van der Waals surface area contributed by atoms with Crippen LogP contribution < -0.4 is 10.6 Å². The van der Waals surface area contributed by atoms with Gasteiger partial charge in [0.25, 0.3) is 0 Å². The average Bonchev–Trinajstić information content (AvgIpc) is 2.75. The van der Waals surface area contributed by atoms with Gasteiger partial charge in [0, 0.05) is 13.0 Å². The molecular weight excluding hydrogens is 244 g/mol. The summed E-state index contributed by atoms with van der Waals surface area (Å²) in [6.45, 7) is 7.08. The van der Waals surface area contributed by atoms with Crippen LogP contribution in [0.3, 0.4) is 0 Å². The maximum Gasteiger partial charge on any atom is 0.220 e. The molecule has 2 heterocycles. The summed E-state index contributed by atoms with van der Waals surface area (Å²) in [7, 11) is 0. The number of rotatable bonds is 5. The average molecular weight is 270 g/mol. The quantitative estimate of drug-likeness (QED) is 0.783. The normalized spacial score (nSPS) is 27.4. The van der Waals surface area contributed by atoms with Crippen molar-refractivity contribution in [2.75, 3.05) is 26.2 Å². The Morgan fingerprint density at radius 3 is 2.74 bits per heavy atom. The van der Waals surface area contributed by atoms with E-state index >= 15 is 0 Å². The molecule has 1 atom stereocenters. The zero-order valence-electron chi connectivity index (χ0n) is 12.0. The smallest absolute Gasteiger partial charge is 0.220 e. The largest absolute Gasteiger partial charge is 0.353 e. The van der Waals surface area contributed by atoms with E-state index in [1.165, 1.54) is 12.8 Å². The van der Waals surface area contributed by atoms with E-state index < -0.39 is 5.79 Å². The van der Waals surface area contributed by atoms with E-state index in [9.17, 15) is 4.79 Å². The summed E-state index contributed by atoms with van der Waals surface area (Å²) in [5.41, 5.74) is 0. The fourth-order valence-electron chi connectivity index (χ4n) is 2.69. The number of carbonyl (C=O) groups excluding carboxylic acids is 1. The standard InChI is InChI=1S/C14H26N2O3/c1-14(2)18-10-12(19-14)9-16-13(17)4-3-11-5-7-15-8-6-11/h11-12,15H,3-10H2,1-2H3,(H,16,17). The van der Waals surface area contributed by atoms with Crippen LogP contribution in [0.1, 0.15) is 39.5 Å². The van der Waals surface area contributed by atoms with Gasteiger partial charge < -0.3 is 20.1 Å². The SMILES string of the molecule is CC1(C)OCC(CNC(=O)CCC2CCNCC2)O1. The highest BCUT2D eigenvalue weighted by Gasteiger charge is 2.32. The maximum atomic E-state index is 11.8. The molecule has 2 aliphatic rings. The van der Waals surface area contributed by atoms with Crippen molar-refractivity contribution in [2.45, 2.75) is 51.4 Å². The molecule has 0 aromatic heterocycles. The monoisotopic (exact) mass is 270 g/mol. The molecular formula is C14H26N2O3. The predicted octanol–water partition coefficient (Wildman–Crippen LogP) is 1.03. The second-order valence-electron chi connectivity index (χ2n) is 5.99. The highest BCUT2D eigenvalue weighted by molar-refractivity contribution is 5.75. The molecule has 2 aliphatic heterocycles. The molecule has 2 N–H and O–H groups in total. The Kier molecular flexibility index (Phi) is 5.19. The first kappa shape index (κ1) is 14.8. The van der Waals surface area contributed by atoms with Gasteiger partial charge in [-0.2, -0.15) is 0 Å². The van der Waals surface area contributed by atoms with Gasteiger partial charge in [-0.25, -0.2) is 0 Å². The van der Waals surface area contributed by atoms with Crippen molar-refractivity contribution < 1.29 is 14.3 Å². The first-order chi connectivity index (χ1) is 9.05. The minimum absolute atomic E-state index is 0.0159. The highest BCUT2D eigenvalue weighted by Crippen LogP contribution is 2.22. The zero-order chi connectivity index (χ0) is 13.7. The summed E-state index contributed by atoms with van der Waals surface area (Å²) < 4.78 is 11.1. The lowest BCUT2D eigenvalue weighted by atomic mass is 9.93. The van der Waals surface area contributed by atoms with Crippen LogP contribution in [0, 0.1) is 5.92 Å². The number of carbonyl (C=O) groups is 1. The van der Waals surface area contributed by atoms with Crippen molar-refractivity contribution in [3.63, 3.8) is 0 Å². The minimum Gasteiger partial charge on any atom is -0.353 e. The Hall–Kier alpha value is -0.650. The predicted molar refractivity (Wildman–Crippen MR) is 72.7 cm³/mol. The van der Waals surface area contributed by atoms with E-state index in [0.29, 0.717) is 25.5 Å². The number of nitrogens with one attached hydrogen (secondary N) is 2. The van der Waals surface area contributed by atoms with Gasteiger partial charge in [-0.15, -0.1) is 0 Å². The second kappa shape index (κ2) is 6.68. The van der Waals surface area contributed by atoms with Crippen LogP contribution >= 0.6 is 0 Å². The maximum absolute atomic E-state index is 11.8. The molecule has 0 aliphatic carbocycles. The fraction of sp³-hybridized carbons (Fsp3) is 0.929. The van der Waals surface area contributed by atoms with E-state index in [1.807, 2.05) is 13.8 Å². The van der Waals surface area contributed by atoms with Crippen molar-refractivity contribution in [1.29, 1.82) is 0 Å². The third-order valence-corrected chi connectivity index (χ3v) is 3.83. The molecule has 0 spiro atoms. The molecule has 0 saturated carbocycles. The van der Waals surface area contributed by atoms with Crippen LogP contribution in [-0.2, 0) is 14.3 Å². The molecule has 19 heavy (non-hydrogen) atoms. The van der Waals surface area contributed by atoms with Gasteiger partial charge in [-0.05, 0) is 52.1 Å². The van der Waals surface area contributed by atoms with E-state index in [2.05, 4.69) is 10.6 Å². The molecule has 5 nitrogen and oxygen atoms in total. The van der Waals surface area contributed by atoms with Crippen molar-refractivity contribution in [2.24, 2.45) is 5.92 Å². The molecule has 0 aromatic rings. The van der Waals surface area contributed by atoms with Crippen LogP contribution in [0.5, 0.6) is 0 Å². The second-order valence-corrected chi connectivity index (χ2v) is 5.99. The first-order valence-corrected chi connectivity index (χ1v) is 7.34. The van der Waals surface area contributed by atoms with Gasteiger partial charge in [0.2, 0.25) is 5.91 Å². The third kappa shape index (κ3) is 5.09. The van der Waals surface area contributed by atoms with Crippen molar-refractivity contribution in [1.82, 2.24) is 10.6 Å². The lowest BCUT2D eigenvalue weighted by Gasteiger charge is -2.22. The molecule has 1 unspecified atom stereocenters. The van der Waals surface area contributed by atoms with Crippen LogP contribution in [0.15, 0.2) is 0 Å². The molecule has 0 aromatic carbocycles. The highest BCUT2D eigenvalue weighted by atomic mass is 16.7. The summed E-state index contributed by atoms with van der Waals surface area (Å²) >= 11 is 0. The first-order valence-electron chi connectivity index (χ1n) is 7.34. The van der Waals surface area contributed by atoms with E-state index in [1.54, 1.807) is 0 Å². The van der Waals surface area contributed by atoms with E-state index in [4.69, 9.17) is 9.47 Å².